The smallest absolute Gasteiger partial charge is 0.187 e. The summed E-state index contributed by atoms with van der Waals surface area (Å²) in [5, 5.41) is 7.60. The van der Waals surface area contributed by atoms with E-state index in [1.165, 1.54) is 31.5 Å². The van der Waals surface area contributed by atoms with E-state index in [4.69, 9.17) is 14.7 Å². The maximum Gasteiger partial charge on any atom is 0.187 e. The van der Waals surface area contributed by atoms with E-state index in [0.29, 0.717) is 0 Å². The fourth-order valence-electron chi connectivity index (χ4n) is 9.89. The van der Waals surface area contributed by atoms with Gasteiger partial charge in [0.05, 0.1) is 34.0 Å². The summed E-state index contributed by atoms with van der Waals surface area (Å²) in [5.74, 6) is 3.28. The molecule has 4 heterocycles. The van der Waals surface area contributed by atoms with Crippen LogP contribution in [-0.4, -0.2) is 27.2 Å². The third-order valence-corrected chi connectivity index (χ3v) is 17.3. The number of ether oxygens (including phenoxy) is 1. The van der Waals surface area contributed by atoms with E-state index in [0.717, 1.165) is 67.8 Å². The summed E-state index contributed by atoms with van der Waals surface area (Å²) in [7, 11) is -1.05. The largest absolute Gasteiger partial charge is 0.457 e. The lowest BCUT2D eigenvalue weighted by atomic mass is 10.1. The van der Waals surface area contributed by atoms with Crippen LogP contribution in [-0.2, 0) is 7.05 Å². The van der Waals surface area contributed by atoms with E-state index in [1.807, 2.05) is 30.3 Å². The number of aryl methyl sites for hydroxylation is 1. The summed E-state index contributed by atoms with van der Waals surface area (Å²) in [6, 6.07) is 75.6. The molecule has 0 fully saturated rings. The summed E-state index contributed by atoms with van der Waals surface area (Å²) in [6.45, 7) is 0. The van der Waals surface area contributed by atoms with Crippen molar-refractivity contribution in [1.29, 1.82) is 0 Å². The van der Waals surface area contributed by atoms with Gasteiger partial charge in [-0.25, -0.2) is 9.97 Å². The van der Waals surface area contributed by atoms with Gasteiger partial charge in [0.15, 0.2) is 8.07 Å². The number of nitrogens with zero attached hydrogens (tertiary/aromatic N) is 5. The molecule has 294 valence electrons. The van der Waals surface area contributed by atoms with Crippen molar-refractivity contribution in [3.8, 4) is 28.6 Å². The number of benzene rings is 8. The molecule has 11 aromatic rings. The number of aromatic nitrogens is 4. The van der Waals surface area contributed by atoms with Crippen LogP contribution in [0.5, 0.6) is 11.5 Å². The molecule has 0 radical (unpaired) electrons. The van der Waals surface area contributed by atoms with Crippen molar-refractivity contribution >= 4 is 78.9 Å². The second kappa shape index (κ2) is 14.3. The number of hydrogen-bond acceptors (Lipinski definition) is 4. The molecule has 6 nitrogen and oxygen atoms in total. The van der Waals surface area contributed by atoms with E-state index < -0.39 is 8.07 Å². The second-order valence-electron chi connectivity index (χ2n) is 15.9. The molecule has 0 saturated carbocycles. The first kappa shape index (κ1) is 35.9. The first-order valence-electron chi connectivity index (χ1n) is 21.0. The third kappa shape index (κ3) is 5.42. The lowest BCUT2D eigenvalue weighted by Crippen LogP contribution is -2.77. The Morgan fingerprint density at radius 1 is 0.516 bits per heavy atom. The highest BCUT2D eigenvalue weighted by Crippen LogP contribution is 2.43. The zero-order valence-electron chi connectivity index (χ0n) is 33.9. The number of para-hydroxylation sites is 5. The van der Waals surface area contributed by atoms with E-state index in [1.54, 1.807) is 0 Å². The molecule has 0 N–H and O–H groups in total. The Bertz CT molecular complexity index is 3430. The van der Waals surface area contributed by atoms with Crippen LogP contribution in [0.3, 0.4) is 0 Å². The molecule has 62 heavy (non-hydrogen) atoms. The Morgan fingerprint density at radius 2 is 1.13 bits per heavy atom. The number of imidazole rings is 1. The monoisotopic (exact) mass is 813 g/mol. The van der Waals surface area contributed by atoms with Crippen molar-refractivity contribution in [2.45, 2.75) is 0 Å². The Labute approximate surface area is 360 Å². The highest BCUT2D eigenvalue weighted by Gasteiger charge is 2.51. The molecule has 12 rings (SSSR count). The van der Waals surface area contributed by atoms with Gasteiger partial charge in [0.2, 0.25) is 0 Å². The van der Waals surface area contributed by atoms with Gasteiger partial charge in [0.25, 0.3) is 0 Å². The highest BCUT2D eigenvalue weighted by atomic mass is 28.3. The predicted molar refractivity (Wildman–Crippen MR) is 257 cm³/mol. The van der Waals surface area contributed by atoms with E-state index in [2.05, 4.69) is 209 Å². The van der Waals surface area contributed by atoms with Crippen molar-refractivity contribution in [2.24, 2.45) is 7.05 Å². The molecule has 0 spiro atoms. The van der Waals surface area contributed by atoms with E-state index in [-0.39, 0.29) is 0 Å². The number of fused-ring (bicyclic) bond motifs is 7. The van der Waals surface area contributed by atoms with Gasteiger partial charge in [0, 0.05) is 46.0 Å². The van der Waals surface area contributed by atoms with Gasteiger partial charge >= 0.3 is 0 Å². The molecule has 1 aliphatic rings. The van der Waals surface area contributed by atoms with Gasteiger partial charge in [-0.3, -0.25) is 4.90 Å². The van der Waals surface area contributed by atoms with Crippen LogP contribution in [0.1, 0.15) is 0 Å². The van der Waals surface area contributed by atoms with Gasteiger partial charge in [-0.15, -0.1) is 0 Å². The summed E-state index contributed by atoms with van der Waals surface area (Å²) in [4.78, 5) is 12.9. The quantitative estimate of drug-likeness (QED) is 0.150. The molecule has 0 saturated heterocycles. The van der Waals surface area contributed by atoms with Crippen LogP contribution in [0.2, 0.25) is 0 Å². The lowest BCUT2D eigenvalue weighted by molar-refractivity contribution is 0.483. The molecule has 0 atom stereocenters. The standard InChI is InChI=1S/C55H39N5OSi/c1-58-48-32-14-12-30-46(48)57-54(58)38-19-17-23-41(35-38)61-42-24-18-22-40(36-42)60-49-33-15-16-34-51(49)62(43-25-7-3-8-26-43,44-27-9-4-10-28-44)53-52-45-29-11-13-31-47(45)59(39-20-5-2-6-21-39)50(52)37-56-55(53)60/h2-37H,1H3. The zero-order chi connectivity index (χ0) is 41.2. The number of rotatable bonds is 7. The minimum absolute atomic E-state index is 0.727. The Balaban J connectivity index is 1.10. The Kier molecular flexibility index (Phi) is 8.30. The Hall–Kier alpha value is -8.00. The maximum atomic E-state index is 6.74. The summed E-state index contributed by atoms with van der Waals surface area (Å²) < 4.78 is 11.3. The molecule has 3 aromatic heterocycles. The fourth-order valence-corrected chi connectivity index (χ4v) is 15.1. The van der Waals surface area contributed by atoms with Gasteiger partial charge in [-0.05, 0) is 76.2 Å². The molecule has 1 aliphatic heterocycles. The number of anilines is 3. The van der Waals surface area contributed by atoms with Gasteiger partial charge < -0.3 is 13.9 Å². The van der Waals surface area contributed by atoms with Crippen molar-refractivity contribution in [3.05, 3.63) is 219 Å². The van der Waals surface area contributed by atoms with Gasteiger partial charge in [-0.2, -0.15) is 0 Å². The summed E-state index contributed by atoms with van der Waals surface area (Å²) in [5.41, 5.74) is 8.45. The molecule has 0 bridgehead atoms. The average Bonchev–Trinajstić information content (AvgIpc) is 3.86. The molecular weight excluding hydrogens is 775 g/mol. The van der Waals surface area contributed by atoms with Gasteiger partial charge in [0.1, 0.15) is 23.1 Å². The fraction of sp³-hybridized carbons (Fsp3) is 0.0182. The van der Waals surface area contributed by atoms with Crippen LogP contribution in [0, 0.1) is 0 Å². The van der Waals surface area contributed by atoms with Crippen LogP contribution < -0.4 is 30.4 Å². The zero-order valence-corrected chi connectivity index (χ0v) is 34.9. The molecule has 8 aromatic carbocycles. The average molecular weight is 814 g/mol. The number of pyridine rings is 1. The Morgan fingerprint density at radius 3 is 1.89 bits per heavy atom. The molecule has 0 aliphatic carbocycles. The summed E-state index contributed by atoms with van der Waals surface area (Å²) in [6.07, 6.45) is 2.09. The van der Waals surface area contributed by atoms with Crippen molar-refractivity contribution in [2.75, 3.05) is 4.90 Å². The van der Waals surface area contributed by atoms with E-state index in [9.17, 15) is 0 Å². The van der Waals surface area contributed by atoms with Crippen molar-refractivity contribution < 1.29 is 4.74 Å². The van der Waals surface area contributed by atoms with Crippen LogP contribution in [0.15, 0.2) is 219 Å². The third-order valence-electron chi connectivity index (χ3n) is 12.4. The van der Waals surface area contributed by atoms with Crippen molar-refractivity contribution in [1.82, 2.24) is 19.1 Å². The molecular formula is C55H39N5OSi. The highest BCUT2D eigenvalue weighted by molar-refractivity contribution is 7.22. The van der Waals surface area contributed by atoms with Gasteiger partial charge in [-0.1, -0.05) is 146 Å². The summed E-state index contributed by atoms with van der Waals surface area (Å²) >= 11 is 0. The molecule has 0 amide bonds. The topological polar surface area (TPSA) is 48.1 Å². The SMILES string of the molecule is Cn1c(-c2cccc(Oc3cccc(N4c5ccccc5[Si](c5ccccc5)(c5ccccc5)c5c4ncc4c5c5ccccc5n4-c4ccccc4)c3)c2)nc2ccccc21. The maximum absolute atomic E-state index is 6.74. The van der Waals surface area contributed by atoms with Crippen molar-refractivity contribution in [3.63, 3.8) is 0 Å². The normalized spacial score (nSPS) is 13.0. The minimum atomic E-state index is -3.11. The van der Waals surface area contributed by atoms with E-state index >= 15 is 0 Å². The lowest BCUT2D eigenvalue weighted by Gasteiger charge is -2.44. The van der Waals surface area contributed by atoms with Crippen LogP contribution >= 0.6 is 0 Å². The molecule has 0 unspecified atom stereocenters. The van der Waals surface area contributed by atoms with Crippen LogP contribution in [0.4, 0.5) is 17.2 Å². The molecule has 7 heteroatoms. The first-order valence-corrected chi connectivity index (χ1v) is 23.0. The van der Waals surface area contributed by atoms with Crippen LogP contribution in [0.25, 0.3) is 49.9 Å². The first-order chi connectivity index (χ1) is 30.7. The second-order valence-corrected chi connectivity index (χ2v) is 19.5. The number of hydrogen-bond donors (Lipinski definition) is 0. The predicted octanol–water partition coefficient (Wildman–Crippen LogP) is 10.7. The minimum Gasteiger partial charge on any atom is -0.457 e.